The molecule has 0 bridgehead atoms. The van der Waals surface area contributed by atoms with Gasteiger partial charge in [-0.25, -0.2) is 12.8 Å². The van der Waals surface area contributed by atoms with Gasteiger partial charge in [-0.1, -0.05) is 12.1 Å². The summed E-state index contributed by atoms with van der Waals surface area (Å²) in [6, 6.07) is 5.17. The number of sulfone groups is 1. The van der Waals surface area contributed by atoms with Gasteiger partial charge in [0.05, 0.1) is 16.4 Å². The minimum Gasteiger partial charge on any atom is -0.339 e. The largest absolute Gasteiger partial charge is 0.339 e. The van der Waals surface area contributed by atoms with Crippen LogP contribution in [0.5, 0.6) is 0 Å². The predicted octanol–water partition coefficient (Wildman–Crippen LogP) is 2.29. The summed E-state index contributed by atoms with van der Waals surface area (Å²) >= 11 is 0.772. The highest BCUT2D eigenvalue weighted by atomic mass is 32.2. The van der Waals surface area contributed by atoms with Gasteiger partial charge in [0, 0.05) is 25.6 Å². The number of carbonyl (C=O) groups excluding carboxylic acids is 3. The van der Waals surface area contributed by atoms with E-state index < -0.39 is 26.8 Å². The van der Waals surface area contributed by atoms with Gasteiger partial charge in [0.25, 0.3) is 11.1 Å². The minimum atomic E-state index is -3.12. The van der Waals surface area contributed by atoms with Crippen LogP contribution in [0.3, 0.4) is 0 Å². The number of hydrogen-bond donors (Lipinski definition) is 0. The topological polar surface area (TPSA) is 91.8 Å². The molecule has 0 N–H and O–H groups in total. The van der Waals surface area contributed by atoms with Gasteiger partial charge in [-0.3, -0.25) is 19.3 Å². The third kappa shape index (κ3) is 5.05. The van der Waals surface area contributed by atoms with Crippen LogP contribution in [-0.4, -0.2) is 65.9 Å². The molecule has 0 radical (unpaired) electrons. The second-order valence-electron chi connectivity index (χ2n) is 6.87. The molecule has 3 rings (SSSR count). The maximum absolute atomic E-state index is 13.0. The van der Waals surface area contributed by atoms with E-state index in [4.69, 9.17) is 0 Å². The van der Waals surface area contributed by atoms with E-state index >= 15 is 0 Å². The molecule has 29 heavy (non-hydrogen) atoms. The predicted molar refractivity (Wildman–Crippen MR) is 108 cm³/mol. The Hall–Kier alpha value is -2.20. The van der Waals surface area contributed by atoms with Crippen molar-refractivity contribution in [2.75, 3.05) is 24.6 Å². The van der Waals surface area contributed by atoms with Crippen LogP contribution < -0.4 is 0 Å². The van der Waals surface area contributed by atoms with E-state index in [2.05, 4.69) is 0 Å². The molecule has 2 heterocycles. The number of hydrogen-bond acceptors (Lipinski definition) is 6. The summed E-state index contributed by atoms with van der Waals surface area (Å²) < 4.78 is 36.4. The number of carbonyl (C=O) groups is 3. The molecule has 1 aromatic rings. The molecule has 10 heteroatoms. The Labute approximate surface area is 172 Å². The van der Waals surface area contributed by atoms with Crippen molar-refractivity contribution in [3.05, 3.63) is 40.6 Å². The summed E-state index contributed by atoms with van der Waals surface area (Å²) in [6.07, 6.45) is 1.85. The third-order valence-corrected chi connectivity index (χ3v) is 7.56. The van der Waals surface area contributed by atoms with Crippen LogP contribution in [0, 0.1) is 5.82 Å². The Morgan fingerprint density at radius 3 is 2.59 bits per heavy atom. The van der Waals surface area contributed by atoms with E-state index in [1.807, 2.05) is 0 Å². The van der Waals surface area contributed by atoms with Crippen molar-refractivity contribution in [3.63, 3.8) is 0 Å². The molecule has 1 atom stereocenters. The molecule has 0 saturated carbocycles. The fourth-order valence-electron chi connectivity index (χ4n) is 3.41. The minimum absolute atomic E-state index is 0.0471. The number of amides is 3. The lowest BCUT2D eigenvalue weighted by molar-refractivity contribution is -0.133. The summed E-state index contributed by atoms with van der Waals surface area (Å²) in [5.41, 5.74) is 0.590. The van der Waals surface area contributed by atoms with Gasteiger partial charge in [-0.2, -0.15) is 0 Å². The zero-order chi connectivity index (χ0) is 21.2. The number of thioether (sulfide) groups is 1. The number of imide groups is 1. The van der Waals surface area contributed by atoms with Crippen LogP contribution in [0.4, 0.5) is 9.18 Å². The maximum Gasteiger partial charge on any atom is 0.293 e. The fraction of sp³-hybridized carbons (Fsp3) is 0.421. The van der Waals surface area contributed by atoms with E-state index in [0.717, 1.165) is 16.7 Å². The lowest BCUT2D eigenvalue weighted by Crippen LogP contribution is -2.42. The first-order chi connectivity index (χ1) is 13.7. The number of rotatable bonds is 6. The van der Waals surface area contributed by atoms with Crippen molar-refractivity contribution in [2.45, 2.75) is 25.8 Å². The monoisotopic (exact) mass is 440 g/mol. The van der Waals surface area contributed by atoms with Gasteiger partial charge in [0.15, 0.2) is 9.84 Å². The van der Waals surface area contributed by atoms with Gasteiger partial charge >= 0.3 is 0 Å². The van der Waals surface area contributed by atoms with Crippen molar-refractivity contribution in [3.8, 4) is 0 Å². The van der Waals surface area contributed by atoms with Crippen molar-refractivity contribution in [2.24, 2.45) is 0 Å². The Morgan fingerprint density at radius 1 is 1.31 bits per heavy atom. The van der Waals surface area contributed by atoms with Gasteiger partial charge < -0.3 is 4.90 Å². The van der Waals surface area contributed by atoms with Crippen molar-refractivity contribution in [1.82, 2.24) is 9.80 Å². The third-order valence-electron chi connectivity index (χ3n) is 4.90. The van der Waals surface area contributed by atoms with Crippen LogP contribution >= 0.6 is 11.8 Å². The van der Waals surface area contributed by atoms with E-state index in [1.54, 1.807) is 6.92 Å². The van der Waals surface area contributed by atoms with Crippen LogP contribution in [0.1, 0.15) is 25.3 Å². The Balaban J connectivity index is 1.62. The first kappa shape index (κ1) is 21.5. The summed E-state index contributed by atoms with van der Waals surface area (Å²) in [5.74, 6) is -1.16. The molecule has 1 aromatic carbocycles. The molecule has 2 saturated heterocycles. The number of halogens is 1. The van der Waals surface area contributed by atoms with E-state index in [-0.39, 0.29) is 41.3 Å². The van der Waals surface area contributed by atoms with Crippen LogP contribution in [0.25, 0.3) is 6.08 Å². The fourth-order valence-corrected chi connectivity index (χ4v) is 6.01. The molecule has 2 aliphatic rings. The maximum atomic E-state index is 13.0. The lowest BCUT2D eigenvalue weighted by Gasteiger charge is -2.27. The molecule has 156 valence electrons. The van der Waals surface area contributed by atoms with Crippen LogP contribution in [0.2, 0.25) is 0 Å². The highest BCUT2D eigenvalue weighted by Gasteiger charge is 2.37. The van der Waals surface area contributed by atoms with E-state index in [0.29, 0.717) is 18.5 Å². The molecule has 3 amide bonds. The smallest absolute Gasteiger partial charge is 0.293 e. The van der Waals surface area contributed by atoms with Crippen LogP contribution in [-0.2, 0) is 19.4 Å². The Bertz CT molecular complexity index is 959. The summed E-state index contributed by atoms with van der Waals surface area (Å²) in [7, 11) is -3.12. The van der Waals surface area contributed by atoms with Crippen molar-refractivity contribution >= 4 is 44.7 Å². The molecule has 2 aliphatic heterocycles. The molecule has 0 aromatic heterocycles. The zero-order valence-corrected chi connectivity index (χ0v) is 17.5. The van der Waals surface area contributed by atoms with Crippen molar-refractivity contribution in [1.29, 1.82) is 0 Å². The molecular formula is C19H21FN2O5S2. The first-order valence-corrected chi connectivity index (χ1v) is 11.8. The van der Waals surface area contributed by atoms with Gasteiger partial charge in [-0.05, 0) is 48.9 Å². The molecule has 0 spiro atoms. The molecule has 7 nitrogen and oxygen atoms in total. The Morgan fingerprint density at radius 2 is 2.00 bits per heavy atom. The quantitative estimate of drug-likeness (QED) is 0.631. The molecule has 2 fully saturated rings. The zero-order valence-electron chi connectivity index (χ0n) is 15.8. The van der Waals surface area contributed by atoms with E-state index in [9.17, 15) is 27.2 Å². The van der Waals surface area contributed by atoms with Crippen LogP contribution in [0.15, 0.2) is 29.2 Å². The van der Waals surface area contributed by atoms with Gasteiger partial charge in [0.2, 0.25) is 5.91 Å². The summed E-state index contributed by atoms with van der Waals surface area (Å²) in [5, 5.41) is -0.470. The number of benzene rings is 1. The normalized spacial score (nSPS) is 22.5. The van der Waals surface area contributed by atoms with E-state index in [1.165, 1.54) is 35.2 Å². The first-order valence-electron chi connectivity index (χ1n) is 9.21. The Kier molecular flexibility index (Phi) is 6.42. The summed E-state index contributed by atoms with van der Waals surface area (Å²) in [4.78, 5) is 40.0. The highest BCUT2D eigenvalue weighted by Crippen LogP contribution is 2.32. The number of nitrogens with zero attached hydrogens (tertiary/aromatic N) is 2. The van der Waals surface area contributed by atoms with Gasteiger partial charge in [0.1, 0.15) is 5.82 Å². The van der Waals surface area contributed by atoms with Crippen molar-refractivity contribution < 1.29 is 27.2 Å². The second-order valence-corrected chi connectivity index (χ2v) is 10.1. The average Bonchev–Trinajstić information content (AvgIpc) is 3.15. The lowest BCUT2D eigenvalue weighted by atomic mass is 10.2. The molecule has 0 unspecified atom stereocenters. The molecule has 0 aliphatic carbocycles. The van der Waals surface area contributed by atoms with Gasteiger partial charge in [-0.15, -0.1) is 0 Å². The molecular weight excluding hydrogens is 419 g/mol. The standard InChI is InChI=1S/C19H21FN2O5S2/c1-2-21(15-8-10-29(26,27)12-15)17(23)7-9-22-18(24)16(28-19(22)25)11-13-3-5-14(20)6-4-13/h3-6,11,15H,2,7-10,12H2,1H3/b16-11-/t15-/m1/s1. The SMILES string of the molecule is CCN(C(=O)CCN1C(=O)S/C(=C\c2ccc(F)cc2)C1=O)[C@@H]1CCS(=O)(=O)C1. The highest BCUT2D eigenvalue weighted by molar-refractivity contribution is 8.18. The summed E-state index contributed by atoms with van der Waals surface area (Å²) in [6.45, 7) is 2.07. The average molecular weight is 441 g/mol. The second kappa shape index (κ2) is 8.66.